The number of ketones is 1. The summed E-state index contributed by atoms with van der Waals surface area (Å²) in [6, 6.07) is 10.0. The molecule has 2 bridgehead atoms. The molecule has 3 aliphatic rings. The van der Waals surface area contributed by atoms with Gasteiger partial charge in [-0.1, -0.05) is 24.3 Å². The molecule has 0 spiro atoms. The Hall–Kier alpha value is -2.00. The number of carbonyl (C=O) groups is 1. The molecular formula is C19H20N2O. The number of benzene rings is 1. The summed E-state index contributed by atoms with van der Waals surface area (Å²) in [7, 11) is 0. The predicted molar refractivity (Wildman–Crippen MR) is 87.5 cm³/mol. The van der Waals surface area contributed by atoms with Crippen molar-refractivity contribution in [1.82, 2.24) is 9.88 Å². The second-order valence-corrected chi connectivity index (χ2v) is 6.43. The van der Waals surface area contributed by atoms with Gasteiger partial charge in [-0.2, -0.15) is 0 Å². The molecule has 4 heterocycles. The number of nitrogens with zero attached hydrogens (tertiary/aromatic N) is 2. The van der Waals surface area contributed by atoms with Crippen molar-refractivity contribution < 1.29 is 4.79 Å². The minimum atomic E-state index is -0.122. The number of piperidine rings is 1. The Labute approximate surface area is 130 Å². The van der Waals surface area contributed by atoms with Gasteiger partial charge in [0.2, 0.25) is 0 Å². The standard InChI is InChI=1S/C19H20N2O/c1-2-13-12-21-10-8-14(13)11-18(22)19(21)16-7-9-20-17-6-4-3-5-15(16)17/h2-7,9,13-14,19H,1,8,10-12H2/t13-,14-,19+/m0/s1. The van der Waals surface area contributed by atoms with Crippen LogP contribution in [0.5, 0.6) is 0 Å². The number of pyridine rings is 1. The minimum absolute atomic E-state index is 0.122. The van der Waals surface area contributed by atoms with Gasteiger partial charge in [0, 0.05) is 24.5 Å². The van der Waals surface area contributed by atoms with Crippen molar-refractivity contribution in [2.45, 2.75) is 18.9 Å². The van der Waals surface area contributed by atoms with Crippen LogP contribution in [-0.4, -0.2) is 28.8 Å². The van der Waals surface area contributed by atoms with Gasteiger partial charge in [0.15, 0.2) is 5.78 Å². The van der Waals surface area contributed by atoms with Gasteiger partial charge in [0.25, 0.3) is 0 Å². The first-order valence-corrected chi connectivity index (χ1v) is 8.01. The molecule has 2 aromatic rings. The van der Waals surface area contributed by atoms with Crippen molar-refractivity contribution in [2.24, 2.45) is 11.8 Å². The third-order valence-electron chi connectivity index (χ3n) is 5.25. The average Bonchev–Trinajstić information content (AvgIpc) is 2.79. The maximum Gasteiger partial charge on any atom is 0.154 e. The Bertz CT molecular complexity index is 734. The fourth-order valence-corrected chi connectivity index (χ4v) is 4.11. The van der Waals surface area contributed by atoms with E-state index in [4.69, 9.17) is 0 Å². The molecule has 3 fully saturated rings. The van der Waals surface area contributed by atoms with E-state index in [1.807, 2.05) is 36.5 Å². The fourth-order valence-electron chi connectivity index (χ4n) is 4.11. The molecule has 22 heavy (non-hydrogen) atoms. The molecule has 5 rings (SSSR count). The van der Waals surface area contributed by atoms with E-state index in [2.05, 4.69) is 22.5 Å². The summed E-state index contributed by atoms with van der Waals surface area (Å²) in [4.78, 5) is 19.7. The van der Waals surface area contributed by atoms with E-state index >= 15 is 0 Å². The zero-order chi connectivity index (χ0) is 15.1. The number of Topliss-reactive ketones (excluding diaryl/α,β-unsaturated/α-hetero) is 1. The molecule has 112 valence electrons. The van der Waals surface area contributed by atoms with Crippen molar-refractivity contribution in [3.05, 3.63) is 54.7 Å². The van der Waals surface area contributed by atoms with Gasteiger partial charge in [0.05, 0.1) is 11.6 Å². The molecule has 0 radical (unpaired) electrons. The molecule has 4 atom stereocenters. The lowest BCUT2D eigenvalue weighted by molar-refractivity contribution is -0.123. The number of para-hydroxylation sites is 1. The molecule has 0 aliphatic carbocycles. The summed E-state index contributed by atoms with van der Waals surface area (Å²) >= 11 is 0. The molecule has 1 unspecified atom stereocenters. The Balaban J connectivity index is 1.83. The van der Waals surface area contributed by atoms with Gasteiger partial charge in [-0.15, -0.1) is 6.58 Å². The third kappa shape index (κ3) is 2.08. The maximum absolute atomic E-state index is 12.9. The van der Waals surface area contributed by atoms with Gasteiger partial charge in [0.1, 0.15) is 0 Å². The normalized spacial score (nSPS) is 31.2. The number of aromatic nitrogens is 1. The topological polar surface area (TPSA) is 33.2 Å². The maximum atomic E-state index is 12.9. The fraction of sp³-hybridized carbons (Fsp3) is 0.368. The van der Waals surface area contributed by atoms with Crippen LogP contribution >= 0.6 is 0 Å². The van der Waals surface area contributed by atoms with E-state index < -0.39 is 0 Å². The number of carbonyl (C=O) groups excluding carboxylic acids is 1. The Morgan fingerprint density at radius 1 is 1.27 bits per heavy atom. The van der Waals surface area contributed by atoms with E-state index in [-0.39, 0.29) is 6.04 Å². The van der Waals surface area contributed by atoms with Gasteiger partial charge < -0.3 is 0 Å². The lowest BCUT2D eigenvalue weighted by Crippen LogP contribution is -2.39. The SMILES string of the molecule is C=C[C@H]1CN2CC[C@H]1CC(=O)[C@H]2c1ccnc2ccccc12. The van der Waals surface area contributed by atoms with Gasteiger partial charge in [-0.3, -0.25) is 14.7 Å². The highest BCUT2D eigenvalue weighted by Gasteiger charge is 2.41. The summed E-state index contributed by atoms with van der Waals surface area (Å²) in [5, 5.41) is 1.10. The van der Waals surface area contributed by atoms with Crippen molar-refractivity contribution in [2.75, 3.05) is 13.1 Å². The van der Waals surface area contributed by atoms with E-state index in [1.54, 1.807) is 0 Å². The molecule has 3 saturated heterocycles. The third-order valence-corrected chi connectivity index (χ3v) is 5.25. The summed E-state index contributed by atoms with van der Waals surface area (Å²) in [6.45, 7) is 5.92. The van der Waals surface area contributed by atoms with Crippen LogP contribution in [0.3, 0.4) is 0 Å². The zero-order valence-electron chi connectivity index (χ0n) is 12.6. The molecule has 1 aromatic carbocycles. The molecule has 3 aliphatic heterocycles. The van der Waals surface area contributed by atoms with Gasteiger partial charge in [-0.05, 0) is 42.5 Å². The number of hydrogen-bond donors (Lipinski definition) is 0. The van der Waals surface area contributed by atoms with E-state index in [9.17, 15) is 4.79 Å². The number of fused-ring (bicyclic) bond motifs is 5. The van der Waals surface area contributed by atoms with E-state index in [0.717, 1.165) is 36.0 Å². The first-order valence-electron chi connectivity index (χ1n) is 8.01. The van der Waals surface area contributed by atoms with E-state index in [1.165, 1.54) is 0 Å². The highest BCUT2D eigenvalue weighted by molar-refractivity contribution is 5.92. The second-order valence-electron chi connectivity index (χ2n) is 6.43. The van der Waals surface area contributed by atoms with Crippen LogP contribution < -0.4 is 0 Å². The van der Waals surface area contributed by atoms with Crippen LogP contribution in [0.15, 0.2) is 49.2 Å². The molecular weight excluding hydrogens is 272 g/mol. The molecule has 0 N–H and O–H groups in total. The van der Waals surface area contributed by atoms with Crippen molar-refractivity contribution >= 4 is 16.7 Å². The highest BCUT2D eigenvalue weighted by atomic mass is 16.1. The van der Waals surface area contributed by atoms with Crippen molar-refractivity contribution in [1.29, 1.82) is 0 Å². The highest BCUT2D eigenvalue weighted by Crippen LogP contribution is 2.40. The first-order chi connectivity index (χ1) is 10.8. The number of rotatable bonds is 2. The van der Waals surface area contributed by atoms with Crippen LogP contribution in [0.25, 0.3) is 10.9 Å². The predicted octanol–water partition coefficient (Wildman–Crippen LogP) is 3.37. The quantitative estimate of drug-likeness (QED) is 0.796. The van der Waals surface area contributed by atoms with E-state index in [0.29, 0.717) is 24.0 Å². The number of hydrogen-bond acceptors (Lipinski definition) is 3. The lowest BCUT2D eigenvalue weighted by atomic mass is 9.84. The Kier molecular flexibility index (Phi) is 3.30. The van der Waals surface area contributed by atoms with Crippen LogP contribution in [-0.2, 0) is 4.79 Å². The molecule has 0 amide bonds. The van der Waals surface area contributed by atoms with Crippen molar-refractivity contribution in [3.63, 3.8) is 0 Å². The van der Waals surface area contributed by atoms with Crippen LogP contribution in [0.1, 0.15) is 24.4 Å². The summed E-state index contributed by atoms with van der Waals surface area (Å²) in [5.74, 6) is 1.26. The average molecular weight is 292 g/mol. The smallest absolute Gasteiger partial charge is 0.154 e. The Morgan fingerprint density at radius 2 is 2.14 bits per heavy atom. The largest absolute Gasteiger partial charge is 0.298 e. The zero-order valence-corrected chi connectivity index (χ0v) is 12.6. The monoisotopic (exact) mass is 292 g/mol. The molecule has 3 heteroatoms. The first kappa shape index (κ1) is 13.6. The van der Waals surface area contributed by atoms with Crippen LogP contribution in [0.2, 0.25) is 0 Å². The molecule has 0 saturated carbocycles. The van der Waals surface area contributed by atoms with Crippen LogP contribution in [0, 0.1) is 11.8 Å². The Morgan fingerprint density at radius 3 is 3.00 bits per heavy atom. The summed E-state index contributed by atoms with van der Waals surface area (Å²) < 4.78 is 0. The van der Waals surface area contributed by atoms with Crippen molar-refractivity contribution in [3.8, 4) is 0 Å². The molecule has 3 nitrogen and oxygen atoms in total. The second kappa shape index (κ2) is 5.33. The van der Waals surface area contributed by atoms with Gasteiger partial charge >= 0.3 is 0 Å². The minimum Gasteiger partial charge on any atom is -0.298 e. The van der Waals surface area contributed by atoms with Gasteiger partial charge in [-0.25, -0.2) is 0 Å². The lowest BCUT2D eigenvalue weighted by Gasteiger charge is -2.35. The molecule has 1 aromatic heterocycles. The summed E-state index contributed by atoms with van der Waals surface area (Å²) in [6.07, 6.45) is 5.64. The van der Waals surface area contributed by atoms with Crippen LogP contribution in [0.4, 0.5) is 0 Å². The summed E-state index contributed by atoms with van der Waals surface area (Å²) in [5.41, 5.74) is 2.08.